The van der Waals surface area contributed by atoms with E-state index in [4.69, 9.17) is 0 Å². The average molecular weight is 381 g/mol. The second kappa shape index (κ2) is 5.09. The summed E-state index contributed by atoms with van der Waals surface area (Å²) in [4.78, 5) is 7.90. The number of hydrogen-bond donors (Lipinski definition) is 1. The van der Waals surface area contributed by atoms with E-state index in [2.05, 4.69) is 25.9 Å². The van der Waals surface area contributed by atoms with Gasteiger partial charge >= 0.3 is 6.18 Å². The van der Waals surface area contributed by atoms with Crippen LogP contribution in [0, 0.1) is 0 Å². The van der Waals surface area contributed by atoms with Crippen LogP contribution >= 0.6 is 15.9 Å². The Morgan fingerprint density at radius 2 is 1.78 bits per heavy atom. The van der Waals surface area contributed by atoms with Crippen LogP contribution in [0.3, 0.4) is 0 Å². The highest BCUT2D eigenvalue weighted by Crippen LogP contribution is 2.54. The summed E-state index contributed by atoms with van der Waals surface area (Å²) in [7, 11) is 0. The minimum Gasteiger partial charge on any atom is -0.342 e. The van der Waals surface area contributed by atoms with E-state index in [9.17, 15) is 13.2 Å². The summed E-state index contributed by atoms with van der Waals surface area (Å²) >= 11 is 3.43. The Hall–Kier alpha value is -1.82. The Morgan fingerprint density at radius 1 is 1.04 bits per heavy atom. The third-order valence-corrected chi connectivity index (χ3v) is 4.76. The molecule has 3 aromatic rings. The van der Waals surface area contributed by atoms with Crippen LogP contribution in [0.4, 0.5) is 13.2 Å². The zero-order chi connectivity index (χ0) is 16.2. The van der Waals surface area contributed by atoms with E-state index in [1.165, 1.54) is 0 Å². The lowest BCUT2D eigenvalue weighted by molar-refractivity contribution is -0.137. The van der Waals surface area contributed by atoms with Crippen molar-refractivity contribution in [1.29, 1.82) is 0 Å². The van der Waals surface area contributed by atoms with Crippen molar-refractivity contribution < 1.29 is 13.2 Å². The predicted molar refractivity (Wildman–Crippen MR) is 85.3 cm³/mol. The summed E-state index contributed by atoms with van der Waals surface area (Å²) in [6.45, 7) is 0. The van der Waals surface area contributed by atoms with Gasteiger partial charge in [-0.1, -0.05) is 28.1 Å². The molecule has 23 heavy (non-hydrogen) atoms. The van der Waals surface area contributed by atoms with Gasteiger partial charge in [-0.25, -0.2) is 4.98 Å². The van der Waals surface area contributed by atoms with Gasteiger partial charge in [0.2, 0.25) is 0 Å². The van der Waals surface area contributed by atoms with E-state index in [-0.39, 0.29) is 11.8 Å². The highest BCUT2D eigenvalue weighted by atomic mass is 79.9. The Kier molecular flexibility index (Phi) is 3.27. The molecule has 1 aliphatic carbocycles. The van der Waals surface area contributed by atoms with Crippen molar-refractivity contribution in [1.82, 2.24) is 9.97 Å². The molecule has 2 atom stereocenters. The highest BCUT2D eigenvalue weighted by Gasteiger charge is 2.42. The third-order valence-electron chi connectivity index (χ3n) is 4.27. The number of hydrogen-bond acceptors (Lipinski definition) is 1. The van der Waals surface area contributed by atoms with E-state index in [0.29, 0.717) is 0 Å². The number of H-pyrrole nitrogens is 1. The van der Waals surface area contributed by atoms with Crippen molar-refractivity contribution >= 4 is 27.0 Å². The Labute approximate surface area is 138 Å². The predicted octanol–water partition coefficient (Wildman–Crippen LogP) is 5.62. The van der Waals surface area contributed by atoms with E-state index < -0.39 is 11.7 Å². The lowest BCUT2D eigenvalue weighted by Crippen LogP contribution is -2.04. The van der Waals surface area contributed by atoms with Crippen molar-refractivity contribution in [3.05, 3.63) is 63.9 Å². The summed E-state index contributed by atoms with van der Waals surface area (Å²) < 4.78 is 38.8. The van der Waals surface area contributed by atoms with Gasteiger partial charge in [-0.3, -0.25) is 0 Å². The van der Waals surface area contributed by atoms with Gasteiger partial charge in [0.25, 0.3) is 0 Å². The zero-order valence-corrected chi connectivity index (χ0v) is 13.4. The second-order valence-corrected chi connectivity index (χ2v) is 6.77. The van der Waals surface area contributed by atoms with Crippen LogP contribution in [0.1, 0.15) is 35.2 Å². The lowest BCUT2D eigenvalue weighted by atomic mass is 10.1. The maximum Gasteiger partial charge on any atom is 0.416 e. The zero-order valence-electron chi connectivity index (χ0n) is 11.9. The first-order valence-corrected chi connectivity index (χ1v) is 8.03. The molecule has 1 saturated carbocycles. The Bertz CT molecular complexity index is 868. The van der Waals surface area contributed by atoms with Gasteiger partial charge < -0.3 is 4.98 Å². The van der Waals surface area contributed by atoms with Gasteiger partial charge in [-0.05, 0) is 48.2 Å². The van der Waals surface area contributed by atoms with E-state index in [1.54, 1.807) is 12.1 Å². The smallest absolute Gasteiger partial charge is 0.342 e. The molecule has 2 nitrogen and oxygen atoms in total. The average Bonchev–Trinajstić information content (AvgIpc) is 3.19. The largest absolute Gasteiger partial charge is 0.416 e. The molecule has 0 bridgehead atoms. The molecule has 1 aromatic heterocycles. The van der Waals surface area contributed by atoms with Crippen molar-refractivity contribution in [3.63, 3.8) is 0 Å². The molecule has 0 saturated heterocycles. The number of nitrogens with one attached hydrogen (secondary N) is 1. The van der Waals surface area contributed by atoms with Gasteiger partial charge in [0.1, 0.15) is 5.82 Å². The third kappa shape index (κ3) is 2.76. The van der Waals surface area contributed by atoms with Crippen LogP contribution in [0.15, 0.2) is 46.9 Å². The van der Waals surface area contributed by atoms with Gasteiger partial charge in [0, 0.05) is 10.4 Å². The van der Waals surface area contributed by atoms with Crippen molar-refractivity contribution in [3.8, 4) is 0 Å². The number of aromatic amines is 1. The molecule has 0 amide bonds. The number of aromatic nitrogens is 2. The quantitative estimate of drug-likeness (QED) is 0.614. The first kappa shape index (κ1) is 14.8. The molecule has 1 N–H and O–H groups in total. The second-order valence-electron chi connectivity index (χ2n) is 5.85. The summed E-state index contributed by atoms with van der Waals surface area (Å²) in [5.74, 6) is 1.39. The molecule has 118 valence electrons. The molecule has 0 spiro atoms. The van der Waals surface area contributed by atoms with Crippen LogP contribution in [0.5, 0.6) is 0 Å². The molecule has 2 unspecified atom stereocenters. The van der Waals surface area contributed by atoms with Gasteiger partial charge in [0.15, 0.2) is 0 Å². The minimum atomic E-state index is -4.28. The molecular formula is C17H12BrF3N2. The number of rotatable bonds is 2. The number of imidazole rings is 1. The van der Waals surface area contributed by atoms with Crippen LogP contribution < -0.4 is 0 Å². The SMILES string of the molecule is FC(F)(F)c1ccc(C2CC2c2nc3ccc(Br)cc3[nH]2)cc1. The summed E-state index contributed by atoms with van der Waals surface area (Å²) in [6.07, 6.45) is -3.38. The van der Waals surface area contributed by atoms with E-state index in [1.807, 2.05) is 18.2 Å². The van der Waals surface area contributed by atoms with Crippen molar-refractivity contribution in [2.75, 3.05) is 0 Å². The molecule has 4 rings (SSSR count). The number of fused-ring (bicyclic) bond motifs is 1. The molecule has 1 heterocycles. The van der Waals surface area contributed by atoms with Gasteiger partial charge in [-0.2, -0.15) is 13.2 Å². The standard InChI is InChI=1S/C17H12BrF3N2/c18-11-5-6-14-15(7-11)23-16(22-14)13-8-12(13)9-1-3-10(4-2-9)17(19,20)21/h1-7,12-13H,8H2,(H,22,23). The Morgan fingerprint density at radius 3 is 2.48 bits per heavy atom. The maximum absolute atomic E-state index is 12.6. The van der Waals surface area contributed by atoms with Gasteiger partial charge in [0.05, 0.1) is 16.6 Å². The van der Waals surface area contributed by atoms with Crippen molar-refractivity contribution in [2.45, 2.75) is 24.4 Å². The first-order valence-electron chi connectivity index (χ1n) is 7.24. The number of nitrogens with zero attached hydrogens (tertiary/aromatic N) is 1. The van der Waals surface area contributed by atoms with Crippen LogP contribution in [0.25, 0.3) is 11.0 Å². The monoisotopic (exact) mass is 380 g/mol. The van der Waals surface area contributed by atoms with Crippen LogP contribution in [0.2, 0.25) is 0 Å². The molecule has 2 aromatic carbocycles. The van der Waals surface area contributed by atoms with Crippen LogP contribution in [-0.4, -0.2) is 9.97 Å². The topological polar surface area (TPSA) is 28.7 Å². The molecule has 1 fully saturated rings. The molecule has 0 radical (unpaired) electrons. The number of halogens is 4. The summed E-state index contributed by atoms with van der Waals surface area (Å²) in [5.41, 5.74) is 2.20. The number of benzene rings is 2. The molecule has 0 aliphatic heterocycles. The summed E-state index contributed by atoms with van der Waals surface area (Å²) in [5, 5.41) is 0. The maximum atomic E-state index is 12.6. The minimum absolute atomic E-state index is 0.237. The fraction of sp³-hybridized carbons (Fsp3) is 0.235. The normalized spacial score (nSPS) is 20.9. The summed E-state index contributed by atoms with van der Waals surface area (Å²) in [6, 6.07) is 11.3. The molecule has 1 aliphatic rings. The number of alkyl halides is 3. The van der Waals surface area contributed by atoms with Crippen molar-refractivity contribution in [2.24, 2.45) is 0 Å². The fourth-order valence-corrected chi connectivity index (χ4v) is 3.32. The Balaban J connectivity index is 1.56. The van der Waals surface area contributed by atoms with E-state index in [0.717, 1.165) is 45.4 Å². The van der Waals surface area contributed by atoms with Crippen LogP contribution in [-0.2, 0) is 6.18 Å². The lowest BCUT2D eigenvalue weighted by Gasteiger charge is -2.07. The first-order chi connectivity index (χ1) is 10.9. The fourth-order valence-electron chi connectivity index (χ4n) is 2.96. The van der Waals surface area contributed by atoms with Gasteiger partial charge in [-0.15, -0.1) is 0 Å². The molecule has 6 heteroatoms. The highest BCUT2D eigenvalue weighted by molar-refractivity contribution is 9.10. The van der Waals surface area contributed by atoms with E-state index >= 15 is 0 Å². The molecular weight excluding hydrogens is 369 g/mol.